The number of imidazole rings is 1. The van der Waals surface area contributed by atoms with Gasteiger partial charge in [0, 0.05) is 37.8 Å². The minimum atomic E-state index is -0.444. The van der Waals surface area contributed by atoms with Crippen molar-refractivity contribution in [1.82, 2.24) is 18.9 Å². The molecule has 1 N–H and O–H groups in total. The summed E-state index contributed by atoms with van der Waals surface area (Å²) in [6.45, 7) is 5.27. The number of nitrogens with zero attached hydrogens (tertiary/aromatic N) is 4. The van der Waals surface area contributed by atoms with Gasteiger partial charge in [-0.1, -0.05) is 0 Å². The van der Waals surface area contributed by atoms with Gasteiger partial charge < -0.3 is 19.4 Å². The average Bonchev–Trinajstić information content (AvgIpc) is 3.32. The predicted octanol–water partition coefficient (Wildman–Crippen LogP) is 2.84. The molecule has 32 heavy (non-hydrogen) atoms. The highest BCUT2D eigenvalue weighted by Crippen LogP contribution is 2.33. The van der Waals surface area contributed by atoms with Gasteiger partial charge in [0.2, 0.25) is 11.7 Å². The fourth-order valence-electron chi connectivity index (χ4n) is 4.00. The van der Waals surface area contributed by atoms with Gasteiger partial charge in [-0.3, -0.25) is 14.0 Å². The molecule has 3 aromatic rings. The Labute approximate surface area is 185 Å². The summed E-state index contributed by atoms with van der Waals surface area (Å²) < 4.78 is 14.7. The van der Waals surface area contributed by atoms with E-state index < -0.39 is 5.91 Å². The van der Waals surface area contributed by atoms with Crippen molar-refractivity contribution in [3.05, 3.63) is 52.3 Å². The molecule has 1 aliphatic heterocycles. The van der Waals surface area contributed by atoms with Gasteiger partial charge in [0.05, 0.1) is 11.8 Å². The van der Waals surface area contributed by atoms with Gasteiger partial charge in [-0.15, -0.1) is 0 Å². The first kappa shape index (κ1) is 20.7. The first-order chi connectivity index (χ1) is 15.5. The maximum atomic E-state index is 13.2. The second-order valence-corrected chi connectivity index (χ2v) is 8.82. The highest BCUT2D eigenvalue weighted by molar-refractivity contribution is 6.05. The number of nitrogens with one attached hydrogen (secondary N) is 1. The molecule has 0 bridgehead atoms. The van der Waals surface area contributed by atoms with E-state index in [-0.39, 0.29) is 34.8 Å². The number of fused-ring (bicyclic) bond motifs is 1. The summed E-state index contributed by atoms with van der Waals surface area (Å²) in [5, 5.41) is 2.75. The molecule has 9 heteroatoms. The van der Waals surface area contributed by atoms with Crippen LogP contribution < -0.4 is 15.6 Å². The molecule has 1 atom stereocenters. The third kappa shape index (κ3) is 4.25. The van der Waals surface area contributed by atoms with Crippen molar-refractivity contribution in [2.45, 2.75) is 51.7 Å². The molecule has 1 saturated heterocycles. The third-order valence-corrected chi connectivity index (χ3v) is 5.74. The molecule has 1 amide bonds. The highest BCUT2D eigenvalue weighted by atomic mass is 16.5. The molecule has 0 radical (unpaired) electrons. The van der Waals surface area contributed by atoms with E-state index in [0.29, 0.717) is 11.7 Å². The fraction of sp³-hybridized carbons (Fsp3) is 0.478. The number of hydrogen-bond acceptors (Lipinski definition) is 6. The first-order valence-corrected chi connectivity index (χ1v) is 11.1. The fourth-order valence-corrected chi connectivity index (χ4v) is 4.00. The van der Waals surface area contributed by atoms with Crippen molar-refractivity contribution in [3.8, 4) is 5.88 Å². The zero-order valence-electron chi connectivity index (χ0n) is 18.3. The number of hydrogen-bond donors (Lipinski definition) is 1. The van der Waals surface area contributed by atoms with Crippen LogP contribution in [0.2, 0.25) is 0 Å². The molecule has 2 aliphatic rings. The molecule has 0 unspecified atom stereocenters. The van der Waals surface area contributed by atoms with Crippen LogP contribution in [0.4, 0.5) is 5.69 Å². The standard InChI is InChI=1S/C23H27N5O4/c1-14(2)32-21-18(20(29)25-19-4-3-8-28(22(19)30)17-5-6-17)12-27-11-16(24-23(27)26-21)10-15-7-9-31-13-15/h3-4,8,11-12,14-15,17H,5-7,9-10,13H2,1-2H3,(H,25,29)/t15-/m1/s1. The van der Waals surface area contributed by atoms with Crippen molar-refractivity contribution in [2.75, 3.05) is 18.5 Å². The van der Waals surface area contributed by atoms with Crippen LogP contribution in [0.25, 0.3) is 5.78 Å². The lowest BCUT2D eigenvalue weighted by Crippen LogP contribution is -2.25. The molecule has 168 valence electrons. The van der Waals surface area contributed by atoms with Gasteiger partial charge in [-0.05, 0) is 57.6 Å². The van der Waals surface area contributed by atoms with Crippen molar-refractivity contribution in [2.24, 2.45) is 5.92 Å². The van der Waals surface area contributed by atoms with E-state index in [1.165, 1.54) is 0 Å². The number of carbonyl (C=O) groups excluding carboxylic acids is 1. The minimum absolute atomic E-state index is 0.176. The van der Waals surface area contributed by atoms with E-state index >= 15 is 0 Å². The van der Waals surface area contributed by atoms with Crippen LogP contribution in [0.5, 0.6) is 5.88 Å². The lowest BCUT2D eigenvalue weighted by Gasteiger charge is -2.14. The summed E-state index contributed by atoms with van der Waals surface area (Å²) in [6, 6.07) is 3.62. The number of anilines is 1. The van der Waals surface area contributed by atoms with Crippen LogP contribution >= 0.6 is 0 Å². The van der Waals surface area contributed by atoms with Gasteiger partial charge >= 0.3 is 0 Å². The molecule has 0 aromatic carbocycles. The molecule has 2 fully saturated rings. The summed E-state index contributed by atoms with van der Waals surface area (Å²) in [4.78, 5) is 35.0. The summed E-state index contributed by atoms with van der Waals surface area (Å²) in [5.41, 5.74) is 1.19. The number of rotatable bonds is 7. The lowest BCUT2D eigenvalue weighted by atomic mass is 10.0. The highest BCUT2D eigenvalue weighted by Gasteiger charge is 2.26. The number of amides is 1. The summed E-state index contributed by atoms with van der Waals surface area (Å²) >= 11 is 0. The van der Waals surface area contributed by atoms with Crippen molar-refractivity contribution >= 4 is 17.4 Å². The monoisotopic (exact) mass is 437 g/mol. The van der Waals surface area contributed by atoms with Crippen molar-refractivity contribution in [3.63, 3.8) is 0 Å². The Morgan fingerprint density at radius 3 is 2.84 bits per heavy atom. The van der Waals surface area contributed by atoms with Crippen LogP contribution in [0.3, 0.4) is 0 Å². The average molecular weight is 438 g/mol. The number of ether oxygens (including phenoxy) is 2. The Morgan fingerprint density at radius 1 is 1.28 bits per heavy atom. The zero-order chi connectivity index (χ0) is 22.2. The molecular formula is C23H27N5O4. The van der Waals surface area contributed by atoms with Crippen LogP contribution in [-0.2, 0) is 11.2 Å². The summed E-state index contributed by atoms with van der Waals surface area (Å²) in [7, 11) is 0. The first-order valence-electron chi connectivity index (χ1n) is 11.1. The van der Waals surface area contributed by atoms with Gasteiger partial charge in [0.15, 0.2) is 0 Å². The summed E-state index contributed by atoms with van der Waals surface area (Å²) in [6.07, 6.45) is 8.94. The van der Waals surface area contributed by atoms with E-state index in [4.69, 9.17) is 9.47 Å². The third-order valence-electron chi connectivity index (χ3n) is 5.74. The molecular weight excluding hydrogens is 410 g/mol. The topological polar surface area (TPSA) is 99.8 Å². The van der Waals surface area contributed by atoms with E-state index in [0.717, 1.165) is 44.6 Å². The van der Waals surface area contributed by atoms with Crippen LogP contribution in [-0.4, -0.2) is 44.2 Å². The lowest BCUT2D eigenvalue weighted by molar-refractivity contribution is 0.101. The predicted molar refractivity (Wildman–Crippen MR) is 118 cm³/mol. The molecule has 5 rings (SSSR count). The van der Waals surface area contributed by atoms with E-state index in [1.54, 1.807) is 33.5 Å². The molecule has 4 heterocycles. The summed E-state index contributed by atoms with van der Waals surface area (Å²) in [5.74, 6) is 0.674. The largest absolute Gasteiger partial charge is 0.474 e. The van der Waals surface area contributed by atoms with Gasteiger partial charge in [0.25, 0.3) is 11.5 Å². The molecule has 0 spiro atoms. The second kappa shape index (κ2) is 8.38. The quantitative estimate of drug-likeness (QED) is 0.610. The smallest absolute Gasteiger partial charge is 0.274 e. The van der Waals surface area contributed by atoms with Crippen molar-refractivity contribution < 1.29 is 14.3 Å². The maximum Gasteiger partial charge on any atom is 0.274 e. The maximum absolute atomic E-state index is 13.2. The number of aromatic nitrogens is 4. The Balaban J connectivity index is 1.46. The molecule has 1 aliphatic carbocycles. The van der Waals surface area contributed by atoms with E-state index in [2.05, 4.69) is 15.3 Å². The zero-order valence-corrected chi connectivity index (χ0v) is 18.3. The van der Waals surface area contributed by atoms with Gasteiger partial charge in [-0.2, -0.15) is 4.98 Å². The number of carbonyl (C=O) groups is 1. The number of pyridine rings is 1. The van der Waals surface area contributed by atoms with E-state index in [9.17, 15) is 9.59 Å². The Bertz CT molecular complexity index is 1200. The van der Waals surface area contributed by atoms with Crippen LogP contribution in [0, 0.1) is 5.92 Å². The minimum Gasteiger partial charge on any atom is -0.474 e. The Kier molecular flexibility index (Phi) is 5.42. The Hall–Kier alpha value is -3.20. The van der Waals surface area contributed by atoms with E-state index in [1.807, 2.05) is 20.0 Å². The van der Waals surface area contributed by atoms with Crippen LogP contribution in [0.15, 0.2) is 35.5 Å². The Morgan fingerprint density at radius 2 is 2.12 bits per heavy atom. The molecule has 1 saturated carbocycles. The SMILES string of the molecule is CC(C)Oc1nc2nc(C[C@H]3CCOC3)cn2cc1C(=O)Nc1cccn(C2CC2)c1=O. The van der Waals surface area contributed by atoms with Crippen molar-refractivity contribution in [1.29, 1.82) is 0 Å². The molecule has 9 nitrogen and oxygen atoms in total. The second-order valence-electron chi connectivity index (χ2n) is 8.82. The van der Waals surface area contributed by atoms with Gasteiger partial charge in [0.1, 0.15) is 11.3 Å². The normalized spacial score (nSPS) is 18.4. The van der Waals surface area contributed by atoms with Gasteiger partial charge in [-0.25, -0.2) is 4.98 Å². The molecule has 3 aromatic heterocycles. The van der Waals surface area contributed by atoms with Crippen LogP contribution in [0.1, 0.15) is 55.2 Å².